The van der Waals surface area contributed by atoms with Crippen LogP contribution in [0.2, 0.25) is 0 Å². The number of thiophene rings is 1. The summed E-state index contributed by atoms with van der Waals surface area (Å²) in [4.78, 5) is 29.9. The standard InChI is InChI=1S/C19H26N2O3S/c1-14-13-21(18(23)16-5-4-12-25-16)11-8-19(14)7-6-15(24-19)17(22)20-9-2-3-10-20/h4-5,12,14-15H,2-3,6-11,13H2,1H3/t14-,15+,19+/m1/s1. The lowest BCUT2D eigenvalue weighted by Gasteiger charge is -2.44. The van der Waals surface area contributed by atoms with E-state index in [4.69, 9.17) is 4.74 Å². The predicted octanol–water partition coefficient (Wildman–Crippen LogP) is 2.77. The van der Waals surface area contributed by atoms with Crippen LogP contribution in [0.1, 0.15) is 48.7 Å². The van der Waals surface area contributed by atoms with E-state index in [1.165, 1.54) is 11.3 Å². The first kappa shape index (κ1) is 17.0. The van der Waals surface area contributed by atoms with E-state index in [0.29, 0.717) is 13.1 Å². The second-order valence-corrected chi connectivity index (χ2v) is 8.57. The summed E-state index contributed by atoms with van der Waals surface area (Å²) in [6, 6.07) is 3.81. The van der Waals surface area contributed by atoms with Gasteiger partial charge in [0.1, 0.15) is 6.10 Å². The molecule has 0 saturated carbocycles. The van der Waals surface area contributed by atoms with Crippen molar-refractivity contribution in [1.82, 2.24) is 9.80 Å². The molecule has 0 radical (unpaired) electrons. The fraction of sp³-hybridized carbons (Fsp3) is 0.684. The number of piperidine rings is 1. The first-order valence-electron chi connectivity index (χ1n) is 9.38. The van der Waals surface area contributed by atoms with Gasteiger partial charge >= 0.3 is 0 Å². The molecule has 3 saturated heterocycles. The zero-order valence-corrected chi connectivity index (χ0v) is 15.6. The molecule has 0 unspecified atom stereocenters. The summed E-state index contributed by atoms with van der Waals surface area (Å²) in [7, 11) is 0. The SMILES string of the molecule is C[C@@H]1CN(C(=O)c2cccs2)CC[C@@]12CC[C@@H](C(=O)N1CCCC1)O2. The van der Waals surface area contributed by atoms with Gasteiger partial charge in [0, 0.05) is 32.1 Å². The van der Waals surface area contributed by atoms with Crippen LogP contribution >= 0.6 is 11.3 Å². The van der Waals surface area contributed by atoms with Gasteiger partial charge in [-0.3, -0.25) is 9.59 Å². The van der Waals surface area contributed by atoms with E-state index < -0.39 is 0 Å². The number of nitrogens with zero attached hydrogens (tertiary/aromatic N) is 2. The molecule has 2 amide bonds. The van der Waals surface area contributed by atoms with E-state index in [-0.39, 0.29) is 29.4 Å². The van der Waals surface area contributed by atoms with Crippen LogP contribution in [0.4, 0.5) is 0 Å². The van der Waals surface area contributed by atoms with Crippen LogP contribution in [0.15, 0.2) is 17.5 Å². The van der Waals surface area contributed by atoms with Crippen molar-refractivity contribution in [3.05, 3.63) is 22.4 Å². The second kappa shape index (κ2) is 6.72. The molecule has 1 spiro atoms. The van der Waals surface area contributed by atoms with Crippen LogP contribution in [-0.2, 0) is 9.53 Å². The van der Waals surface area contributed by atoms with Gasteiger partial charge in [-0.2, -0.15) is 0 Å². The van der Waals surface area contributed by atoms with E-state index in [1.807, 2.05) is 27.3 Å². The zero-order chi connectivity index (χ0) is 17.4. The highest BCUT2D eigenvalue weighted by Gasteiger charge is 2.50. The molecule has 0 aromatic carbocycles. The van der Waals surface area contributed by atoms with Gasteiger partial charge < -0.3 is 14.5 Å². The maximum atomic E-state index is 12.6. The average Bonchev–Trinajstić information content (AvgIpc) is 3.38. The van der Waals surface area contributed by atoms with E-state index in [0.717, 1.165) is 50.1 Å². The Morgan fingerprint density at radius 1 is 1.20 bits per heavy atom. The van der Waals surface area contributed by atoms with Gasteiger partial charge in [-0.25, -0.2) is 0 Å². The van der Waals surface area contributed by atoms with Crippen molar-refractivity contribution in [2.24, 2.45) is 5.92 Å². The second-order valence-electron chi connectivity index (χ2n) is 7.62. The van der Waals surface area contributed by atoms with E-state index in [1.54, 1.807) is 0 Å². The van der Waals surface area contributed by atoms with E-state index in [9.17, 15) is 9.59 Å². The molecule has 6 heteroatoms. The number of carbonyl (C=O) groups excluding carboxylic acids is 2. The Morgan fingerprint density at radius 3 is 2.68 bits per heavy atom. The Hall–Kier alpha value is -1.40. The molecule has 0 N–H and O–H groups in total. The van der Waals surface area contributed by atoms with Crippen molar-refractivity contribution in [3.8, 4) is 0 Å². The summed E-state index contributed by atoms with van der Waals surface area (Å²) in [6.45, 7) is 5.35. The van der Waals surface area contributed by atoms with Crippen molar-refractivity contribution < 1.29 is 14.3 Å². The fourth-order valence-electron chi connectivity index (χ4n) is 4.54. The summed E-state index contributed by atoms with van der Waals surface area (Å²) in [5, 5.41) is 1.94. The molecule has 3 aliphatic heterocycles. The molecule has 136 valence electrons. The first-order valence-corrected chi connectivity index (χ1v) is 10.3. The van der Waals surface area contributed by atoms with Crippen LogP contribution in [0, 0.1) is 5.92 Å². The van der Waals surface area contributed by atoms with Crippen LogP contribution in [0.25, 0.3) is 0 Å². The Bertz CT molecular complexity index is 641. The monoisotopic (exact) mass is 362 g/mol. The third-order valence-corrected chi connectivity index (χ3v) is 6.97. The zero-order valence-electron chi connectivity index (χ0n) is 14.8. The molecule has 1 aromatic rings. The van der Waals surface area contributed by atoms with E-state index in [2.05, 4.69) is 6.92 Å². The minimum Gasteiger partial charge on any atom is -0.362 e. The summed E-state index contributed by atoms with van der Waals surface area (Å²) in [6.07, 6.45) is 4.52. The van der Waals surface area contributed by atoms with Crippen LogP contribution in [0.3, 0.4) is 0 Å². The molecular weight excluding hydrogens is 336 g/mol. The van der Waals surface area contributed by atoms with Gasteiger partial charge in [0.05, 0.1) is 10.5 Å². The number of hydrogen-bond acceptors (Lipinski definition) is 4. The van der Waals surface area contributed by atoms with E-state index >= 15 is 0 Å². The van der Waals surface area contributed by atoms with Gasteiger partial charge in [-0.1, -0.05) is 13.0 Å². The third-order valence-electron chi connectivity index (χ3n) is 6.12. The molecule has 4 heterocycles. The van der Waals surface area contributed by atoms with Crippen LogP contribution in [-0.4, -0.2) is 59.5 Å². The number of hydrogen-bond donors (Lipinski definition) is 0. The summed E-state index contributed by atoms with van der Waals surface area (Å²) < 4.78 is 6.37. The first-order chi connectivity index (χ1) is 12.1. The topological polar surface area (TPSA) is 49.9 Å². The predicted molar refractivity (Wildman–Crippen MR) is 96.7 cm³/mol. The maximum Gasteiger partial charge on any atom is 0.263 e. The Kier molecular flexibility index (Phi) is 4.58. The normalized spacial score (nSPS) is 32.5. The van der Waals surface area contributed by atoms with Crippen LogP contribution in [0.5, 0.6) is 0 Å². The van der Waals surface area contributed by atoms with Crippen molar-refractivity contribution in [2.75, 3.05) is 26.2 Å². The largest absolute Gasteiger partial charge is 0.362 e. The molecule has 3 aliphatic rings. The van der Waals surface area contributed by atoms with Gasteiger partial charge in [0.15, 0.2) is 0 Å². The Labute approximate surface area is 152 Å². The number of amides is 2. The van der Waals surface area contributed by atoms with Crippen molar-refractivity contribution in [3.63, 3.8) is 0 Å². The van der Waals surface area contributed by atoms with Crippen LogP contribution < -0.4 is 0 Å². The van der Waals surface area contributed by atoms with Gasteiger partial charge in [-0.15, -0.1) is 11.3 Å². The van der Waals surface area contributed by atoms with Crippen molar-refractivity contribution in [1.29, 1.82) is 0 Å². The molecule has 5 nitrogen and oxygen atoms in total. The Morgan fingerprint density at radius 2 is 2.00 bits per heavy atom. The molecular formula is C19H26N2O3S. The maximum absolute atomic E-state index is 12.6. The molecule has 0 aliphatic carbocycles. The Balaban J connectivity index is 1.39. The highest BCUT2D eigenvalue weighted by molar-refractivity contribution is 7.12. The smallest absolute Gasteiger partial charge is 0.263 e. The summed E-state index contributed by atoms with van der Waals surface area (Å²) in [5.41, 5.74) is -0.230. The lowest BCUT2D eigenvalue weighted by molar-refractivity contribution is -0.154. The average molecular weight is 362 g/mol. The van der Waals surface area contributed by atoms with Gasteiger partial charge in [0.25, 0.3) is 11.8 Å². The lowest BCUT2D eigenvalue weighted by Crippen LogP contribution is -2.53. The van der Waals surface area contributed by atoms with Crippen molar-refractivity contribution >= 4 is 23.2 Å². The number of rotatable bonds is 2. The highest BCUT2D eigenvalue weighted by Crippen LogP contribution is 2.43. The molecule has 0 bridgehead atoms. The number of carbonyl (C=O) groups is 2. The van der Waals surface area contributed by atoms with Gasteiger partial charge in [-0.05, 0) is 43.6 Å². The minimum absolute atomic E-state index is 0.124. The molecule has 3 atom stereocenters. The van der Waals surface area contributed by atoms with Crippen molar-refractivity contribution in [2.45, 2.75) is 50.7 Å². The number of ether oxygens (including phenoxy) is 1. The summed E-state index contributed by atoms with van der Waals surface area (Å²) >= 11 is 1.50. The lowest BCUT2D eigenvalue weighted by atomic mass is 9.80. The minimum atomic E-state index is -0.278. The quantitative estimate of drug-likeness (QED) is 0.813. The summed E-state index contributed by atoms with van der Waals surface area (Å²) in [5.74, 6) is 0.555. The molecule has 25 heavy (non-hydrogen) atoms. The molecule has 3 fully saturated rings. The molecule has 4 rings (SSSR count). The number of likely N-dealkylation sites (tertiary alicyclic amines) is 2. The third kappa shape index (κ3) is 3.10. The highest BCUT2D eigenvalue weighted by atomic mass is 32.1. The van der Waals surface area contributed by atoms with Gasteiger partial charge in [0.2, 0.25) is 0 Å². The molecule has 1 aromatic heterocycles. The fourth-order valence-corrected chi connectivity index (χ4v) is 5.23.